The standard InChI is InChI=1S/C15H22N2O/c1-11(10-12-6-7-12)17-15(18)14-5-3-2-4-13(14)8-9-16/h2-5,11-12H,6-10,16H2,1H3,(H,17,18). The first-order valence-electron chi connectivity index (χ1n) is 6.79. The van der Waals surface area contributed by atoms with Crippen molar-refractivity contribution in [2.45, 2.75) is 38.6 Å². The quantitative estimate of drug-likeness (QED) is 0.807. The van der Waals surface area contributed by atoms with E-state index < -0.39 is 0 Å². The zero-order valence-corrected chi connectivity index (χ0v) is 11.0. The highest BCUT2D eigenvalue weighted by molar-refractivity contribution is 5.95. The Hall–Kier alpha value is -1.35. The Morgan fingerprint density at radius 3 is 2.83 bits per heavy atom. The van der Waals surface area contributed by atoms with E-state index in [2.05, 4.69) is 12.2 Å². The molecule has 98 valence electrons. The number of hydrogen-bond donors (Lipinski definition) is 2. The Bertz CT molecular complexity index is 413. The van der Waals surface area contributed by atoms with Crippen molar-refractivity contribution < 1.29 is 4.79 Å². The first-order chi connectivity index (χ1) is 8.70. The normalized spacial score (nSPS) is 16.3. The van der Waals surface area contributed by atoms with E-state index in [1.165, 1.54) is 12.8 Å². The summed E-state index contributed by atoms with van der Waals surface area (Å²) < 4.78 is 0. The van der Waals surface area contributed by atoms with Crippen molar-refractivity contribution in [1.29, 1.82) is 0 Å². The fraction of sp³-hybridized carbons (Fsp3) is 0.533. The predicted octanol–water partition coefficient (Wildman–Crippen LogP) is 2.11. The van der Waals surface area contributed by atoms with Gasteiger partial charge < -0.3 is 11.1 Å². The van der Waals surface area contributed by atoms with Gasteiger partial charge in [-0.1, -0.05) is 31.0 Å². The summed E-state index contributed by atoms with van der Waals surface area (Å²) in [6.07, 6.45) is 4.50. The zero-order chi connectivity index (χ0) is 13.0. The minimum absolute atomic E-state index is 0.0344. The lowest BCUT2D eigenvalue weighted by atomic mass is 10.0. The van der Waals surface area contributed by atoms with Gasteiger partial charge in [0.25, 0.3) is 5.91 Å². The van der Waals surface area contributed by atoms with Gasteiger partial charge in [0.2, 0.25) is 0 Å². The molecule has 1 atom stereocenters. The first-order valence-corrected chi connectivity index (χ1v) is 6.79. The van der Waals surface area contributed by atoms with Crippen LogP contribution in [0.15, 0.2) is 24.3 Å². The maximum absolute atomic E-state index is 12.2. The molecule has 0 aliphatic heterocycles. The highest BCUT2D eigenvalue weighted by atomic mass is 16.1. The Balaban J connectivity index is 1.98. The molecule has 1 unspecified atom stereocenters. The second-order valence-corrected chi connectivity index (χ2v) is 5.25. The second-order valence-electron chi connectivity index (χ2n) is 5.25. The summed E-state index contributed by atoms with van der Waals surface area (Å²) in [5.74, 6) is 0.867. The number of benzene rings is 1. The topological polar surface area (TPSA) is 55.1 Å². The van der Waals surface area contributed by atoms with Gasteiger partial charge in [-0.05, 0) is 43.9 Å². The second kappa shape index (κ2) is 6.01. The SMILES string of the molecule is CC(CC1CC1)NC(=O)c1ccccc1CCN. The molecular weight excluding hydrogens is 224 g/mol. The van der Waals surface area contributed by atoms with E-state index in [-0.39, 0.29) is 11.9 Å². The summed E-state index contributed by atoms with van der Waals surface area (Å²) in [6.45, 7) is 2.66. The number of rotatable bonds is 6. The molecule has 0 bridgehead atoms. The molecule has 1 amide bonds. The molecule has 0 radical (unpaired) electrons. The van der Waals surface area contributed by atoms with Crippen molar-refractivity contribution in [2.24, 2.45) is 11.7 Å². The molecule has 1 saturated carbocycles. The smallest absolute Gasteiger partial charge is 0.251 e. The number of nitrogens with two attached hydrogens (primary N) is 1. The van der Waals surface area contributed by atoms with Gasteiger partial charge in [0, 0.05) is 11.6 Å². The number of carbonyl (C=O) groups excluding carboxylic acids is 1. The van der Waals surface area contributed by atoms with Gasteiger partial charge in [-0.25, -0.2) is 0 Å². The van der Waals surface area contributed by atoms with Crippen LogP contribution >= 0.6 is 0 Å². The molecule has 3 heteroatoms. The molecule has 0 spiro atoms. The number of amides is 1. The van der Waals surface area contributed by atoms with Gasteiger partial charge in [-0.2, -0.15) is 0 Å². The van der Waals surface area contributed by atoms with Crippen molar-refractivity contribution in [3.63, 3.8) is 0 Å². The minimum Gasteiger partial charge on any atom is -0.350 e. The summed E-state index contributed by atoms with van der Waals surface area (Å²) in [4.78, 5) is 12.2. The predicted molar refractivity (Wildman–Crippen MR) is 73.5 cm³/mol. The van der Waals surface area contributed by atoms with Crippen molar-refractivity contribution in [2.75, 3.05) is 6.54 Å². The zero-order valence-electron chi connectivity index (χ0n) is 11.0. The van der Waals surface area contributed by atoms with Gasteiger partial charge in [0.05, 0.1) is 0 Å². The van der Waals surface area contributed by atoms with Crippen molar-refractivity contribution in [3.05, 3.63) is 35.4 Å². The van der Waals surface area contributed by atoms with Crippen LogP contribution in [0.25, 0.3) is 0 Å². The average Bonchev–Trinajstić information content (AvgIpc) is 3.13. The average molecular weight is 246 g/mol. The third kappa shape index (κ3) is 3.57. The van der Waals surface area contributed by atoms with Crippen LogP contribution in [0.1, 0.15) is 42.1 Å². The third-order valence-corrected chi connectivity index (χ3v) is 3.44. The Kier molecular flexibility index (Phi) is 4.37. The molecule has 18 heavy (non-hydrogen) atoms. The van der Waals surface area contributed by atoms with E-state index in [4.69, 9.17) is 5.73 Å². The number of hydrogen-bond acceptors (Lipinski definition) is 2. The summed E-state index contributed by atoms with van der Waals surface area (Å²) in [5, 5.41) is 3.09. The first kappa shape index (κ1) is 13.1. The summed E-state index contributed by atoms with van der Waals surface area (Å²) in [6, 6.07) is 7.98. The van der Waals surface area contributed by atoms with Crippen molar-refractivity contribution >= 4 is 5.91 Å². The van der Waals surface area contributed by atoms with Crippen LogP contribution < -0.4 is 11.1 Å². The van der Waals surface area contributed by atoms with Gasteiger partial charge in [-0.15, -0.1) is 0 Å². The van der Waals surface area contributed by atoms with E-state index in [9.17, 15) is 4.79 Å². The number of carbonyl (C=O) groups is 1. The highest BCUT2D eigenvalue weighted by Crippen LogP contribution is 2.33. The fourth-order valence-electron chi connectivity index (χ4n) is 2.33. The minimum atomic E-state index is 0.0344. The van der Waals surface area contributed by atoms with Gasteiger partial charge in [0.1, 0.15) is 0 Å². The van der Waals surface area contributed by atoms with Crippen LogP contribution in [0.3, 0.4) is 0 Å². The van der Waals surface area contributed by atoms with Crippen LogP contribution in [0, 0.1) is 5.92 Å². The fourth-order valence-corrected chi connectivity index (χ4v) is 2.33. The maximum Gasteiger partial charge on any atom is 0.251 e. The van der Waals surface area contributed by atoms with E-state index in [0.29, 0.717) is 6.54 Å². The van der Waals surface area contributed by atoms with Crippen LogP contribution in [0.4, 0.5) is 0 Å². The molecule has 3 nitrogen and oxygen atoms in total. The molecule has 1 aliphatic rings. The Morgan fingerprint density at radius 1 is 1.44 bits per heavy atom. The van der Waals surface area contributed by atoms with Crippen LogP contribution in [0.2, 0.25) is 0 Å². The molecule has 1 aromatic rings. The third-order valence-electron chi connectivity index (χ3n) is 3.44. The van der Waals surface area contributed by atoms with Crippen LogP contribution in [0.5, 0.6) is 0 Å². The van der Waals surface area contributed by atoms with Crippen LogP contribution in [-0.4, -0.2) is 18.5 Å². The lowest BCUT2D eigenvalue weighted by Gasteiger charge is -2.15. The van der Waals surface area contributed by atoms with Gasteiger partial charge >= 0.3 is 0 Å². The van der Waals surface area contributed by atoms with E-state index in [1.807, 2.05) is 24.3 Å². The van der Waals surface area contributed by atoms with Gasteiger partial charge in [-0.3, -0.25) is 4.79 Å². The molecule has 0 aromatic heterocycles. The molecule has 1 aromatic carbocycles. The molecule has 3 N–H and O–H groups in total. The highest BCUT2D eigenvalue weighted by Gasteiger charge is 2.24. The Morgan fingerprint density at radius 2 is 2.17 bits per heavy atom. The molecule has 0 heterocycles. The maximum atomic E-state index is 12.2. The van der Waals surface area contributed by atoms with E-state index in [1.54, 1.807) is 0 Å². The lowest BCUT2D eigenvalue weighted by Crippen LogP contribution is -2.33. The summed E-state index contributed by atoms with van der Waals surface area (Å²) in [5.41, 5.74) is 7.38. The number of nitrogens with one attached hydrogen (secondary N) is 1. The monoisotopic (exact) mass is 246 g/mol. The Labute approximate surface area is 109 Å². The largest absolute Gasteiger partial charge is 0.350 e. The molecule has 0 saturated heterocycles. The van der Waals surface area contributed by atoms with E-state index >= 15 is 0 Å². The lowest BCUT2D eigenvalue weighted by molar-refractivity contribution is 0.0936. The molecular formula is C15H22N2O. The molecule has 1 aliphatic carbocycles. The summed E-state index contributed by atoms with van der Waals surface area (Å²) >= 11 is 0. The summed E-state index contributed by atoms with van der Waals surface area (Å²) in [7, 11) is 0. The molecule has 1 fully saturated rings. The van der Waals surface area contributed by atoms with E-state index in [0.717, 1.165) is 29.9 Å². The van der Waals surface area contributed by atoms with Gasteiger partial charge in [0.15, 0.2) is 0 Å². The molecule has 2 rings (SSSR count). The van der Waals surface area contributed by atoms with Crippen molar-refractivity contribution in [3.8, 4) is 0 Å². The van der Waals surface area contributed by atoms with Crippen molar-refractivity contribution in [1.82, 2.24) is 5.32 Å². The van der Waals surface area contributed by atoms with Crippen LogP contribution in [-0.2, 0) is 6.42 Å².